The van der Waals surface area contributed by atoms with Gasteiger partial charge in [0.2, 0.25) is 10.0 Å². The molecule has 0 spiro atoms. The first-order chi connectivity index (χ1) is 14.8. The molecule has 0 atom stereocenters. The maximum atomic E-state index is 12.2. The Morgan fingerprint density at radius 3 is 2.26 bits per heavy atom. The van der Waals surface area contributed by atoms with Crippen LogP contribution >= 0.6 is 0 Å². The highest BCUT2D eigenvalue weighted by atomic mass is 32.2. The Labute approximate surface area is 180 Å². The maximum absolute atomic E-state index is 12.2. The van der Waals surface area contributed by atoms with E-state index in [2.05, 4.69) is 10.5 Å². The predicted octanol–water partition coefficient (Wildman–Crippen LogP) is 3.10. The third kappa shape index (κ3) is 6.31. The molecule has 0 bridgehead atoms. The number of rotatable bonds is 8. The lowest BCUT2D eigenvalue weighted by atomic mass is 10.2. The smallest absolute Gasteiger partial charge is 0.260 e. The number of nitrogens with one attached hydrogen (secondary N) is 1. The van der Waals surface area contributed by atoms with E-state index in [9.17, 15) is 18.3 Å². The highest BCUT2D eigenvalue weighted by Crippen LogP contribution is 2.25. The van der Waals surface area contributed by atoms with Gasteiger partial charge in [0.1, 0.15) is 23.8 Å². The molecule has 0 aliphatic carbocycles. The number of phenolic OH excluding ortho intramolecular Hbond substituents is 1. The van der Waals surface area contributed by atoms with Crippen LogP contribution < -0.4 is 14.5 Å². The largest absolute Gasteiger partial charge is 0.507 e. The number of benzene rings is 3. The molecular formula is C22H21N3O5S. The fourth-order valence-electron chi connectivity index (χ4n) is 2.64. The van der Waals surface area contributed by atoms with Crippen molar-refractivity contribution in [3.05, 3.63) is 84.4 Å². The van der Waals surface area contributed by atoms with Gasteiger partial charge in [-0.15, -0.1) is 0 Å². The lowest BCUT2D eigenvalue weighted by molar-refractivity contribution is -0.119. The maximum Gasteiger partial charge on any atom is 0.260 e. The van der Waals surface area contributed by atoms with Crippen LogP contribution in [0.25, 0.3) is 0 Å². The Kier molecular flexibility index (Phi) is 6.88. The first-order valence-corrected chi connectivity index (χ1v) is 11.1. The van der Waals surface area contributed by atoms with Crippen LogP contribution in [0.1, 0.15) is 5.56 Å². The molecule has 3 aromatic carbocycles. The fourth-order valence-corrected chi connectivity index (χ4v) is 3.50. The van der Waals surface area contributed by atoms with Crippen LogP contribution in [-0.4, -0.2) is 38.4 Å². The van der Waals surface area contributed by atoms with Crippen molar-refractivity contribution in [2.75, 3.05) is 17.1 Å². The average Bonchev–Trinajstić information content (AvgIpc) is 2.74. The first kappa shape index (κ1) is 21.8. The van der Waals surface area contributed by atoms with E-state index < -0.39 is 22.5 Å². The number of hydrogen-bond donors (Lipinski definition) is 2. The number of carbonyl (C=O) groups excluding carboxylic acids is 1. The number of amides is 1. The molecule has 9 heteroatoms. The van der Waals surface area contributed by atoms with Gasteiger partial charge in [0.15, 0.2) is 0 Å². The molecule has 8 nitrogen and oxygen atoms in total. The molecule has 0 saturated heterocycles. The van der Waals surface area contributed by atoms with Gasteiger partial charge in [-0.25, -0.2) is 13.8 Å². The Morgan fingerprint density at radius 2 is 1.61 bits per heavy atom. The average molecular weight is 439 g/mol. The second-order valence-electron chi connectivity index (χ2n) is 6.53. The number of hydrogen-bond acceptors (Lipinski definition) is 6. The molecule has 3 rings (SSSR count). The standard InChI is InChI=1S/C22H21N3O5S/c1-31(28,29)25(16-22(27)24-23-15-17-7-5-6-10-21(17)26)18-11-13-20(14-12-18)30-19-8-3-2-4-9-19/h2-15,26H,16H2,1H3,(H,24,27)/b23-15-. The molecule has 0 aliphatic rings. The van der Waals surface area contributed by atoms with Gasteiger partial charge in [-0.1, -0.05) is 30.3 Å². The Morgan fingerprint density at radius 1 is 1.00 bits per heavy atom. The van der Waals surface area contributed by atoms with Crippen LogP contribution in [0.5, 0.6) is 17.2 Å². The van der Waals surface area contributed by atoms with E-state index >= 15 is 0 Å². The number of nitrogens with zero attached hydrogens (tertiary/aromatic N) is 2. The molecular weight excluding hydrogens is 418 g/mol. The number of carbonyl (C=O) groups is 1. The monoisotopic (exact) mass is 439 g/mol. The zero-order valence-electron chi connectivity index (χ0n) is 16.7. The summed E-state index contributed by atoms with van der Waals surface area (Å²) in [4.78, 5) is 12.2. The third-order valence-electron chi connectivity index (χ3n) is 4.12. The second kappa shape index (κ2) is 9.77. The molecule has 0 heterocycles. The molecule has 0 aliphatic heterocycles. The lowest BCUT2D eigenvalue weighted by Crippen LogP contribution is -2.39. The fraction of sp³-hybridized carbons (Fsp3) is 0.0909. The van der Waals surface area contributed by atoms with E-state index in [1.165, 1.54) is 12.3 Å². The molecule has 0 aromatic heterocycles. The van der Waals surface area contributed by atoms with Gasteiger partial charge in [-0.3, -0.25) is 9.10 Å². The van der Waals surface area contributed by atoms with Crippen LogP contribution in [0, 0.1) is 0 Å². The summed E-state index contributed by atoms with van der Waals surface area (Å²) in [5.41, 5.74) is 2.99. The molecule has 3 aromatic rings. The molecule has 31 heavy (non-hydrogen) atoms. The van der Waals surface area contributed by atoms with Crippen molar-refractivity contribution in [1.82, 2.24) is 5.43 Å². The van der Waals surface area contributed by atoms with Gasteiger partial charge >= 0.3 is 0 Å². The highest BCUT2D eigenvalue weighted by molar-refractivity contribution is 7.92. The molecule has 0 radical (unpaired) electrons. The minimum absolute atomic E-state index is 0.0103. The third-order valence-corrected chi connectivity index (χ3v) is 5.26. The predicted molar refractivity (Wildman–Crippen MR) is 119 cm³/mol. The minimum Gasteiger partial charge on any atom is -0.507 e. The van der Waals surface area contributed by atoms with Crippen LogP contribution in [0.4, 0.5) is 5.69 Å². The number of aromatic hydroxyl groups is 1. The van der Waals surface area contributed by atoms with E-state index in [-0.39, 0.29) is 5.75 Å². The van der Waals surface area contributed by atoms with Crippen molar-refractivity contribution in [3.8, 4) is 17.2 Å². The highest BCUT2D eigenvalue weighted by Gasteiger charge is 2.20. The van der Waals surface area contributed by atoms with Gasteiger partial charge in [0.05, 0.1) is 18.2 Å². The van der Waals surface area contributed by atoms with Crippen LogP contribution in [0.15, 0.2) is 84.0 Å². The van der Waals surface area contributed by atoms with Crippen molar-refractivity contribution in [3.63, 3.8) is 0 Å². The van der Waals surface area contributed by atoms with Crippen molar-refractivity contribution in [1.29, 1.82) is 0 Å². The number of sulfonamides is 1. The van der Waals surface area contributed by atoms with Crippen LogP contribution in [-0.2, 0) is 14.8 Å². The Hall–Kier alpha value is -3.85. The summed E-state index contributed by atoms with van der Waals surface area (Å²) >= 11 is 0. The summed E-state index contributed by atoms with van der Waals surface area (Å²) in [5, 5.41) is 13.5. The summed E-state index contributed by atoms with van der Waals surface area (Å²) in [6, 6.07) is 22.0. The van der Waals surface area contributed by atoms with Crippen molar-refractivity contribution < 1.29 is 23.1 Å². The van der Waals surface area contributed by atoms with Gasteiger partial charge in [-0.2, -0.15) is 5.10 Å². The van der Waals surface area contributed by atoms with Gasteiger partial charge in [-0.05, 0) is 48.5 Å². The number of ether oxygens (including phenoxy) is 1. The summed E-state index contributed by atoms with van der Waals surface area (Å²) in [7, 11) is -3.73. The number of anilines is 1. The van der Waals surface area contributed by atoms with Gasteiger partial charge < -0.3 is 9.84 Å². The molecule has 1 amide bonds. The van der Waals surface area contributed by atoms with Crippen molar-refractivity contribution >= 4 is 27.8 Å². The van der Waals surface area contributed by atoms with E-state index in [0.29, 0.717) is 22.7 Å². The Balaban J connectivity index is 1.67. The van der Waals surface area contributed by atoms with Crippen LogP contribution in [0.2, 0.25) is 0 Å². The SMILES string of the molecule is CS(=O)(=O)N(CC(=O)N/N=C\c1ccccc1O)c1ccc(Oc2ccccc2)cc1. The quantitative estimate of drug-likeness (QED) is 0.414. The molecule has 2 N–H and O–H groups in total. The molecule has 160 valence electrons. The number of phenols is 1. The lowest BCUT2D eigenvalue weighted by Gasteiger charge is -2.21. The molecule has 0 unspecified atom stereocenters. The van der Waals surface area contributed by atoms with E-state index in [1.54, 1.807) is 54.6 Å². The summed E-state index contributed by atoms with van der Waals surface area (Å²) in [5.74, 6) is 0.551. The number of hydrazone groups is 1. The van der Waals surface area contributed by atoms with Gasteiger partial charge in [0, 0.05) is 5.56 Å². The zero-order valence-corrected chi connectivity index (χ0v) is 17.5. The first-order valence-electron chi connectivity index (χ1n) is 9.23. The number of para-hydroxylation sites is 2. The van der Waals surface area contributed by atoms with Crippen molar-refractivity contribution in [2.45, 2.75) is 0 Å². The van der Waals surface area contributed by atoms with Crippen LogP contribution in [0.3, 0.4) is 0 Å². The molecule has 0 fully saturated rings. The minimum atomic E-state index is -3.73. The Bertz CT molecular complexity index is 1160. The molecule has 0 saturated carbocycles. The van der Waals surface area contributed by atoms with E-state index in [0.717, 1.165) is 10.6 Å². The summed E-state index contributed by atoms with van der Waals surface area (Å²) in [6.45, 7) is -0.462. The van der Waals surface area contributed by atoms with Gasteiger partial charge in [0.25, 0.3) is 5.91 Å². The van der Waals surface area contributed by atoms with E-state index in [4.69, 9.17) is 4.74 Å². The van der Waals surface area contributed by atoms with Crippen molar-refractivity contribution in [2.24, 2.45) is 5.10 Å². The topological polar surface area (TPSA) is 108 Å². The van der Waals surface area contributed by atoms with E-state index in [1.807, 2.05) is 18.2 Å². The second-order valence-corrected chi connectivity index (χ2v) is 8.44. The zero-order chi connectivity index (χ0) is 22.3. The summed E-state index contributed by atoms with van der Waals surface area (Å²) < 4.78 is 31.1. The summed E-state index contributed by atoms with van der Waals surface area (Å²) in [6.07, 6.45) is 2.29. The normalized spacial score (nSPS) is 11.3.